The molecule has 0 radical (unpaired) electrons. The van der Waals surface area contributed by atoms with E-state index >= 15 is 0 Å². The Morgan fingerprint density at radius 1 is 1.19 bits per heavy atom. The van der Waals surface area contributed by atoms with Gasteiger partial charge in [0.2, 0.25) is 0 Å². The Kier molecular flexibility index (Phi) is 6.00. The Labute approximate surface area is 165 Å². The molecule has 140 valence electrons. The molecule has 1 fully saturated rings. The van der Waals surface area contributed by atoms with Crippen molar-refractivity contribution >= 4 is 40.5 Å². The van der Waals surface area contributed by atoms with E-state index < -0.39 is 10.9 Å². The summed E-state index contributed by atoms with van der Waals surface area (Å²) in [5.74, 6) is -0.374. The van der Waals surface area contributed by atoms with Crippen LogP contribution in [0.5, 0.6) is 5.75 Å². The summed E-state index contributed by atoms with van der Waals surface area (Å²) in [7, 11) is 0. The molecule has 1 heterocycles. The van der Waals surface area contributed by atoms with Gasteiger partial charge in [-0.2, -0.15) is 0 Å². The van der Waals surface area contributed by atoms with Crippen LogP contribution in [0.3, 0.4) is 0 Å². The van der Waals surface area contributed by atoms with E-state index in [2.05, 4.69) is 4.90 Å². The largest absolute Gasteiger partial charge is 0.423 e. The molecule has 0 N–H and O–H groups in total. The second-order valence-corrected chi connectivity index (χ2v) is 6.53. The standard InChI is InChI=1S/C18H15ClN2O5S/c19-16-11-13(21(23)24)3-6-15(16)18(22)26-14-4-1-12(2-5-14)17(27)20-7-9-25-10-8-20/h1-6,11H,7-10H2. The number of thiocarbonyl (C=S) groups is 1. The van der Waals surface area contributed by atoms with E-state index in [9.17, 15) is 14.9 Å². The van der Waals surface area contributed by atoms with Crippen LogP contribution in [0.4, 0.5) is 5.69 Å². The number of nitro groups is 1. The van der Waals surface area contributed by atoms with Crippen molar-refractivity contribution in [1.82, 2.24) is 4.90 Å². The summed E-state index contributed by atoms with van der Waals surface area (Å²) in [6.45, 7) is 2.78. The van der Waals surface area contributed by atoms with Crippen LogP contribution in [0, 0.1) is 10.1 Å². The lowest BCUT2D eigenvalue weighted by Crippen LogP contribution is -2.40. The molecule has 0 aliphatic carbocycles. The third-order valence-corrected chi connectivity index (χ3v) is 4.80. The summed E-state index contributed by atoms with van der Waals surface area (Å²) in [5.41, 5.74) is 0.702. The highest BCUT2D eigenvalue weighted by Gasteiger charge is 2.18. The smallest absolute Gasteiger partial charge is 0.345 e. The number of rotatable bonds is 4. The van der Waals surface area contributed by atoms with E-state index in [1.54, 1.807) is 24.3 Å². The van der Waals surface area contributed by atoms with Gasteiger partial charge >= 0.3 is 5.97 Å². The van der Waals surface area contributed by atoms with Gasteiger partial charge in [0.15, 0.2) is 0 Å². The lowest BCUT2D eigenvalue weighted by atomic mass is 10.2. The topological polar surface area (TPSA) is 81.9 Å². The molecule has 1 saturated heterocycles. The number of hydrogen-bond donors (Lipinski definition) is 0. The maximum Gasteiger partial charge on any atom is 0.345 e. The van der Waals surface area contributed by atoms with Gasteiger partial charge in [-0.25, -0.2) is 4.79 Å². The van der Waals surface area contributed by atoms with E-state index in [4.69, 9.17) is 33.3 Å². The maximum absolute atomic E-state index is 12.3. The molecule has 2 aromatic carbocycles. The summed E-state index contributed by atoms with van der Waals surface area (Å²) >= 11 is 11.4. The number of nitro benzene ring substituents is 1. The SMILES string of the molecule is O=C(Oc1ccc(C(=S)N2CCOCC2)cc1)c1ccc([N+](=O)[O-])cc1Cl. The van der Waals surface area contributed by atoms with Crippen molar-refractivity contribution in [2.45, 2.75) is 0 Å². The first-order chi connectivity index (χ1) is 13.0. The molecule has 1 aliphatic heterocycles. The van der Waals surface area contributed by atoms with Crippen molar-refractivity contribution in [3.05, 3.63) is 68.7 Å². The molecular weight excluding hydrogens is 392 g/mol. The molecule has 1 aliphatic rings. The lowest BCUT2D eigenvalue weighted by molar-refractivity contribution is -0.384. The lowest BCUT2D eigenvalue weighted by Gasteiger charge is -2.29. The Hall–Kier alpha value is -2.55. The summed E-state index contributed by atoms with van der Waals surface area (Å²) in [5, 5.41) is 10.7. The number of benzene rings is 2. The number of carbonyl (C=O) groups excluding carboxylic acids is 1. The van der Waals surface area contributed by atoms with Crippen LogP contribution in [-0.2, 0) is 4.74 Å². The van der Waals surface area contributed by atoms with E-state index in [0.717, 1.165) is 29.7 Å². The Morgan fingerprint density at radius 2 is 1.85 bits per heavy atom. The average Bonchev–Trinajstić information content (AvgIpc) is 2.68. The van der Waals surface area contributed by atoms with Crippen molar-refractivity contribution in [2.75, 3.05) is 26.3 Å². The molecule has 0 aromatic heterocycles. The molecule has 9 heteroatoms. The van der Waals surface area contributed by atoms with Gasteiger partial charge < -0.3 is 14.4 Å². The number of halogens is 1. The second kappa shape index (κ2) is 8.43. The van der Waals surface area contributed by atoms with Gasteiger partial charge in [-0.05, 0) is 30.3 Å². The fourth-order valence-corrected chi connectivity index (χ4v) is 3.13. The summed E-state index contributed by atoms with van der Waals surface area (Å²) in [6, 6.07) is 10.4. The van der Waals surface area contributed by atoms with Crippen LogP contribution in [0.1, 0.15) is 15.9 Å². The molecule has 7 nitrogen and oxygen atoms in total. The third-order valence-electron chi connectivity index (χ3n) is 3.99. The fraction of sp³-hybridized carbons (Fsp3) is 0.222. The molecule has 3 rings (SSSR count). The minimum atomic E-state index is -0.696. The van der Waals surface area contributed by atoms with E-state index in [-0.39, 0.29) is 16.3 Å². The second-order valence-electron chi connectivity index (χ2n) is 5.74. The molecule has 0 amide bonds. The number of esters is 1. The van der Waals surface area contributed by atoms with Gasteiger partial charge in [-0.15, -0.1) is 0 Å². The zero-order chi connectivity index (χ0) is 19.4. The van der Waals surface area contributed by atoms with E-state index in [1.807, 2.05) is 0 Å². The average molecular weight is 407 g/mol. The molecule has 2 aromatic rings. The van der Waals surface area contributed by atoms with Gasteiger partial charge in [0, 0.05) is 30.8 Å². The highest BCUT2D eigenvalue weighted by atomic mass is 35.5. The monoisotopic (exact) mass is 406 g/mol. The number of non-ortho nitro benzene ring substituents is 1. The highest BCUT2D eigenvalue weighted by molar-refractivity contribution is 7.80. The summed E-state index contributed by atoms with van der Waals surface area (Å²) < 4.78 is 10.6. The van der Waals surface area contributed by atoms with Gasteiger partial charge in [0.05, 0.1) is 28.7 Å². The number of morpholine rings is 1. The van der Waals surface area contributed by atoms with Gasteiger partial charge in [0.1, 0.15) is 10.7 Å². The number of nitrogens with zero attached hydrogens (tertiary/aromatic N) is 2. The van der Waals surface area contributed by atoms with Gasteiger partial charge in [-0.1, -0.05) is 23.8 Å². The molecule has 0 bridgehead atoms. The molecule has 0 saturated carbocycles. The number of ether oxygens (including phenoxy) is 2. The molecule has 0 atom stereocenters. The zero-order valence-electron chi connectivity index (χ0n) is 14.1. The molecule has 0 spiro atoms. The molecular formula is C18H15ClN2O5S. The molecule has 27 heavy (non-hydrogen) atoms. The van der Waals surface area contributed by atoms with Crippen molar-refractivity contribution in [1.29, 1.82) is 0 Å². The Balaban J connectivity index is 1.68. The normalized spacial score (nSPS) is 13.9. The van der Waals surface area contributed by atoms with Crippen molar-refractivity contribution < 1.29 is 19.2 Å². The predicted molar refractivity (Wildman–Crippen MR) is 104 cm³/mol. The van der Waals surface area contributed by atoms with Crippen LogP contribution in [0.15, 0.2) is 42.5 Å². The zero-order valence-corrected chi connectivity index (χ0v) is 15.7. The highest BCUT2D eigenvalue weighted by Crippen LogP contribution is 2.24. The van der Waals surface area contributed by atoms with Crippen LogP contribution in [0.25, 0.3) is 0 Å². The van der Waals surface area contributed by atoms with Crippen molar-refractivity contribution in [3.8, 4) is 5.75 Å². The van der Waals surface area contributed by atoms with Crippen LogP contribution >= 0.6 is 23.8 Å². The summed E-state index contributed by atoms with van der Waals surface area (Å²) in [4.78, 5) is 25.2. The first-order valence-electron chi connectivity index (χ1n) is 8.09. The van der Waals surface area contributed by atoms with Gasteiger partial charge in [0.25, 0.3) is 5.69 Å². The van der Waals surface area contributed by atoms with E-state index in [1.165, 1.54) is 12.1 Å². The van der Waals surface area contributed by atoms with Crippen LogP contribution < -0.4 is 4.74 Å². The minimum Gasteiger partial charge on any atom is -0.423 e. The predicted octanol–water partition coefficient (Wildman–Crippen LogP) is 3.48. The number of carbonyl (C=O) groups is 1. The van der Waals surface area contributed by atoms with Crippen LogP contribution in [0.2, 0.25) is 5.02 Å². The number of hydrogen-bond acceptors (Lipinski definition) is 6. The first kappa shape index (κ1) is 19.2. The van der Waals surface area contributed by atoms with Crippen molar-refractivity contribution in [3.63, 3.8) is 0 Å². The summed E-state index contributed by atoms with van der Waals surface area (Å²) in [6.07, 6.45) is 0. The molecule has 0 unspecified atom stereocenters. The Morgan fingerprint density at radius 3 is 2.44 bits per heavy atom. The minimum absolute atomic E-state index is 0.0423. The maximum atomic E-state index is 12.3. The Bertz CT molecular complexity index is 882. The van der Waals surface area contributed by atoms with E-state index in [0.29, 0.717) is 19.0 Å². The third kappa shape index (κ3) is 4.60. The van der Waals surface area contributed by atoms with Crippen molar-refractivity contribution in [2.24, 2.45) is 0 Å². The van der Waals surface area contributed by atoms with Crippen LogP contribution in [-0.4, -0.2) is 47.1 Å². The fourth-order valence-electron chi connectivity index (χ4n) is 2.56. The quantitative estimate of drug-likeness (QED) is 0.253. The first-order valence-corrected chi connectivity index (χ1v) is 8.87. The van der Waals surface area contributed by atoms with Gasteiger partial charge in [-0.3, -0.25) is 10.1 Å².